The fraction of sp³-hybridized carbons (Fsp3) is 0.136. The van der Waals surface area contributed by atoms with Crippen LogP contribution in [0.2, 0.25) is 0 Å². The predicted octanol–water partition coefficient (Wildman–Crippen LogP) is 5.75. The molecule has 0 radical (unpaired) electrons. The van der Waals surface area contributed by atoms with Gasteiger partial charge >= 0.3 is 6.09 Å². The van der Waals surface area contributed by atoms with Crippen LogP contribution in [0, 0.1) is 24.0 Å². The summed E-state index contributed by atoms with van der Waals surface area (Å²) in [5.74, 6) is 0.795. The van der Waals surface area contributed by atoms with Gasteiger partial charge in [-0.05, 0) is 42.7 Å². The van der Waals surface area contributed by atoms with E-state index in [2.05, 4.69) is 5.32 Å². The number of hydrogen-bond donors (Lipinski definition) is 1. The number of benzene rings is 3. The molecule has 0 atom stereocenters. The predicted molar refractivity (Wildman–Crippen MR) is 109 cm³/mol. The molecule has 0 aliphatic heterocycles. The lowest BCUT2D eigenvalue weighted by atomic mass is 10.1. The van der Waals surface area contributed by atoms with Gasteiger partial charge in [-0.15, -0.1) is 0 Å². The highest BCUT2D eigenvalue weighted by atomic mass is 16.6. The maximum absolute atomic E-state index is 12.1. The smallest absolute Gasteiger partial charge is 0.411 e. The molecule has 0 unspecified atom stereocenters. The number of hydrogen-bond acceptors (Lipinski definition) is 5. The van der Waals surface area contributed by atoms with Crippen LogP contribution in [0.25, 0.3) is 0 Å². The molecule has 0 heterocycles. The van der Waals surface area contributed by atoms with Crippen LogP contribution in [0.15, 0.2) is 66.7 Å². The highest BCUT2D eigenvalue weighted by Crippen LogP contribution is 2.30. The summed E-state index contributed by atoms with van der Waals surface area (Å²) in [4.78, 5) is 22.8. The molecular formula is C22H20N2O5. The first-order chi connectivity index (χ1) is 13.9. The molecule has 7 nitrogen and oxygen atoms in total. The topological polar surface area (TPSA) is 90.7 Å². The number of rotatable bonds is 6. The van der Waals surface area contributed by atoms with Gasteiger partial charge in [0.25, 0.3) is 5.69 Å². The number of amides is 1. The fourth-order valence-corrected chi connectivity index (χ4v) is 2.82. The molecule has 0 spiro atoms. The number of ether oxygens (including phenoxy) is 2. The highest BCUT2D eigenvalue weighted by molar-refractivity contribution is 5.85. The molecule has 0 saturated heterocycles. The summed E-state index contributed by atoms with van der Waals surface area (Å²) in [5.41, 5.74) is 2.85. The average molecular weight is 392 g/mol. The maximum atomic E-state index is 12.1. The van der Waals surface area contributed by atoms with Gasteiger partial charge in [0.05, 0.1) is 16.7 Å². The summed E-state index contributed by atoms with van der Waals surface area (Å²) < 4.78 is 10.9. The van der Waals surface area contributed by atoms with Gasteiger partial charge in [0.15, 0.2) is 0 Å². The van der Waals surface area contributed by atoms with E-state index in [-0.39, 0.29) is 23.7 Å². The van der Waals surface area contributed by atoms with Gasteiger partial charge in [0.2, 0.25) is 0 Å². The number of carbonyl (C=O) groups excluding carboxylic acids is 1. The van der Waals surface area contributed by atoms with Crippen molar-refractivity contribution in [3.63, 3.8) is 0 Å². The largest absolute Gasteiger partial charge is 0.457 e. The fourth-order valence-electron chi connectivity index (χ4n) is 2.82. The molecule has 0 aliphatic carbocycles. The number of nitro groups is 1. The van der Waals surface area contributed by atoms with E-state index < -0.39 is 11.0 Å². The van der Waals surface area contributed by atoms with Crippen LogP contribution in [-0.4, -0.2) is 11.0 Å². The summed E-state index contributed by atoms with van der Waals surface area (Å²) >= 11 is 0. The standard InChI is InChI=1S/C22H20N2O5/c1-15-8-16(2)10-20(9-15)29-21-12-18(11-19(13-21)24(26)27)23-22(25)28-14-17-6-4-3-5-7-17/h3-13H,14H2,1-2H3,(H,23,25). The van der Waals surface area contributed by atoms with Crippen molar-refractivity contribution < 1.29 is 19.2 Å². The third-order valence-electron chi connectivity index (χ3n) is 3.99. The molecule has 3 aromatic rings. The first-order valence-electron chi connectivity index (χ1n) is 8.92. The molecule has 0 aromatic heterocycles. The summed E-state index contributed by atoms with van der Waals surface area (Å²) in [6.45, 7) is 3.96. The number of anilines is 1. The lowest BCUT2D eigenvalue weighted by Gasteiger charge is -2.11. The zero-order chi connectivity index (χ0) is 20.8. The number of carbonyl (C=O) groups is 1. The van der Waals surface area contributed by atoms with Crippen LogP contribution in [0.3, 0.4) is 0 Å². The number of nitro benzene ring substituents is 1. The van der Waals surface area contributed by atoms with Crippen LogP contribution in [0.1, 0.15) is 16.7 Å². The first kappa shape index (κ1) is 19.9. The number of nitrogens with one attached hydrogen (secondary N) is 1. The summed E-state index contributed by atoms with van der Waals surface area (Å²) in [5, 5.41) is 13.8. The third kappa shape index (κ3) is 5.80. The van der Waals surface area contributed by atoms with Gasteiger partial charge < -0.3 is 9.47 Å². The number of aryl methyl sites for hydroxylation is 2. The van der Waals surface area contributed by atoms with Gasteiger partial charge in [-0.1, -0.05) is 36.4 Å². The van der Waals surface area contributed by atoms with Crippen molar-refractivity contribution in [2.24, 2.45) is 0 Å². The van der Waals surface area contributed by atoms with Gasteiger partial charge in [0.1, 0.15) is 18.1 Å². The molecule has 3 rings (SSSR count). The Morgan fingerprint density at radius 2 is 1.62 bits per heavy atom. The Morgan fingerprint density at radius 3 is 2.28 bits per heavy atom. The summed E-state index contributed by atoms with van der Waals surface area (Å²) in [6.07, 6.45) is -0.716. The van der Waals surface area contributed by atoms with Crippen LogP contribution in [0.5, 0.6) is 11.5 Å². The second-order valence-corrected chi connectivity index (χ2v) is 6.58. The van der Waals surface area contributed by atoms with Crippen LogP contribution < -0.4 is 10.1 Å². The Hall–Kier alpha value is -3.87. The zero-order valence-electron chi connectivity index (χ0n) is 16.0. The molecule has 1 amide bonds. The van der Waals surface area contributed by atoms with E-state index >= 15 is 0 Å². The molecule has 29 heavy (non-hydrogen) atoms. The molecule has 0 fully saturated rings. The minimum absolute atomic E-state index is 0.0908. The van der Waals surface area contributed by atoms with Gasteiger partial charge in [-0.2, -0.15) is 0 Å². The number of nitrogens with zero attached hydrogens (tertiary/aromatic N) is 1. The summed E-state index contributed by atoms with van der Waals surface area (Å²) in [7, 11) is 0. The Kier molecular flexibility index (Phi) is 6.09. The minimum Gasteiger partial charge on any atom is -0.457 e. The van der Waals surface area contributed by atoms with Crippen molar-refractivity contribution >= 4 is 17.5 Å². The van der Waals surface area contributed by atoms with E-state index in [1.54, 1.807) is 0 Å². The normalized spacial score (nSPS) is 10.3. The highest BCUT2D eigenvalue weighted by Gasteiger charge is 2.14. The molecular weight excluding hydrogens is 372 g/mol. The lowest BCUT2D eigenvalue weighted by molar-refractivity contribution is -0.384. The average Bonchev–Trinajstić information content (AvgIpc) is 2.66. The van der Waals surface area contributed by atoms with E-state index in [4.69, 9.17) is 9.47 Å². The van der Waals surface area contributed by atoms with Crippen LogP contribution in [0.4, 0.5) is 16.2 Å². The van der Waals surface area contributed by atoms with Crippen molar-refractivity contribution in [3.05, 3.63) is 93.5 Å². The summed E-state index contributed by atoms with van der Waals surface area (Å²) in [6, 6.07) is 18.9. The molecule has 1 N–H and O–H groups in total. The van der Waals surface area contributed by atoms with Crippen molar-refractivity contribution in [3.8, 4) is 11.5 Å². The van der Waals surface area contributed by atoms with E-state index in [0.717, 1.165) is 16.7 Å². The zero-order valence-corrected chi connectivity index (χ0v) is 16.0. The lowest BCUT2D eigenvalue weighted by Crippen LogP contribution is -2.13. The number of non-ortho nitro benzene ring substituents is 1. The molecule has 0 aliphatic rings. The Morgan fingerprint density at radius 1 is 0.966 bits per heavy atom. The van der Waals surface area contributed by atoms with Crippen molar-refractivity contribution in [1.29, 1.82) is 0 Å². The van der Waals surface area contributed by atoms with E-state index in [9.17, 15) is 14.9 Å². The Balaban J connectivity index is 1.75. The quantitative estimate of drug-likeness (QED) is 0.426. The Labute approximate surface area is 168 Å². The first-order valence-corrected chi connectivity index (χ1v) is 8.92. The van der Waals surface area contributed by atoms with E-state index in [1.807, 2.05) is 62.4 Å². The van der Waals surface area contributed by atoms with Crippen molar-refractivity contribution in [2.45, 2.75) is 20.5 Å². The minimum atomic E-state index is -0.716. The van der Waals surface area contributed by atoms with Crippen molar-refractivity contribution in [2.75, 3.05) is 5.32 Å². The SMILES string of the molecule is Cc1cc(C)cc(Oc2cc(NC(=O)OCc3ccccc3)cc([N+](=O)[O-])c2)c1. The van der Waals surface area contributed by atoms with Crippen molar-refractivity contribution in [1.82, 2.24) is 0 Å². The Bertz CT molecular complexity index is 1010. The second kappa shape index (κ2) is 8.88. The molecule has 148 valence electrons. The van der Waals surface area contributed by atoms with Crippen LogP contribution in [-0.2, 0) is 11.3 Å². The second-order valence-electron chi connectivity index (χ2n) is 6.58. The van der Waals surface area contributed by atoms with Gasteiger partial charge in [-0.3, -0.25) is 15.4 Å². The van der Waals surface area contributed by atoms with Crippen LogP contribution >= 0.6 is 0 Å². The maximum Gasteiger partial charge on any atom is 0.411 e. The monoisotopic (exact) mass is 392 g/mol. The molecule has 7 heteroatoms. The molecule has 3 aromatic carbocycles. The van der Waals surface area contributed by atoms with Gasteiger partial charge in [0, 0.05) is 12.1 Å². The van der Waals surface area contributed by atoms with Gasteiger partial charge in [-0.25, -0.2) is 4.79 Å². The molecule has 0 saturated carbocycles. The van der Waals surface area contributed by atoms with E-state index in [1.165, 1.54) is 18.2 Å². The van der Waals surface area contributed by atoms with E-state index in [0.29, 0.717) is 5.75 Å². The molecule has 0 bridgehead atoms. The third-order valence-corrected chi connectivity index (χ3v) is 3.99.